The Labute approximate surface area is 211 Å². The van der Waals surface area contributed by atoms with Crippen LogP contribution in [0, 0.1) is 13.8 Å². The van der Waals surface area contributed by atoms with Crippen molar-refractivity contribution in [1.29, 1.82) is 0 Å². The molecule has 0 saturated carbocycles. The lowest BCUT2D eigenvalue weighted by Crippen LogP contribution is -2.41. The molecule has 0 atom stereocenters. The number of benzene rings is 1. The van der Waals surface area contributed by atoms with Gasteiger partial charge < -0.3 is 8.95 Å². The summed E-state index contributed by atoms with van der Waals surface area (Å²) in [5, 5.41) is 0.159. The fourth-order valence-corrected chi connectivity index (χ4v) is 6.50. The van der Waals surface area contributed by atoms with Crippen LogP contribution < -0.4 is 4.52 Å². The van der Waals surface area contributed by atoms with Crippen LogP contribution in [0.4, 0.5) is 0 Å². The maximum Gasteiger partial charge on any atom is 0.531 e. The largest absolute Gasteiger partial charge is 0.531 e. The third-order valence-electron chi connectivity index (χ3n) is 6.10. The molecule has 0 bridgehead atoms. The van der Waals surface area contributed by atoms with Crippen LogP contribution in [-0.4, -0.2) is 26.1 Å². The molecule has 0 heterocycles. The first kappa shape index (κ1) is 31.4. The first-order valence-electron chi connectivity index (χ1n) is 12.3. The highest BCUT2D eigenvalue weighted by molar-refractivity contribution is 7.49. The lowest BCUT2D eigenvalue weighted by molar-refractivity contribution is 0.0221. The lowest BCUT2D eigenvalue weighted by Gasteiger charge is -2.38. The number of phosphoric ester groups is 1. The Morgan fingerprint density at radius 2 is 1.29 bits per heavy atom. The van der Waals surface area contributed by atoms with Crippen LogP contribution in [0.1, 0.15) is 99.3 Å². The summed E-state index contributed by atoms with van der Waals surface area (Å²) in [6.07, 6.45) is 0.810. The van der Waals surface area contributed by atoms with E-state index in [0.29, 0.717) is 12.4 Å². The molecular formula is C27H51O5PSi. The molecule has 0 aliphatic rings. The SMILES string of the molecule is Cc1cc(C)c(C(C)(C)CCO[Si](C)(C)C(C)(C)C)c(OP(=O)(OC(C)(C)C)OC(C)(C)C)c1. The standard InChI is InChI=1S/C27H51O5PSi/c1-20-18-21(2)23(27(12,13)16-17-29-34(14,15)26(9,10)11)22(19-20)30-33(28,31-24(3,4)5)32-25(6,7)8/h18-19H,16-17H2,1-15H3. The predicted octanol–water partition coefficient (Wildman–Crippen LogP) is 9.11. The van der Waals surface area contributed by atoms with E-state index in [1.165, 1.54) is 0 Å². The van der Waals surface area contributed by atoms with Crippen molar-refractivity contribution in [3.63, 3.8) is 0 Å². The van der Waals surface area contributed by atoms with Crippen molar-refractivity contribution in [2.45, 2.75) is 131 Å². The minimum Gasteiger partial charge on any atom is -0.417 e. The molecule has 7 heteroatoms. The second-order valence-electron chi connectivity index (χ2n) is 13.6. The first-order chi connectivity index (χ1) is 14.9. The quantitative estimate of drug-likeness (QED) is 0.243. The van der Waals surface area contributed by atoms with E-state index in [1.54, 1.807) is 0 Å². The van der Waals surface area contributed by atoms with Gasteiger partial charge in [-0.15, -0.1) is 0 Å². The molecule has 1 rings (SSSR count). The summed E-state index contributed by atoms with van der Waals surface area (Å²) in [6.45, 7) is 31.5. The molecule has 34 heavy (non-hydrogen) atoms. The maximum absolute atomic E-state index is 13.9. The van der Waals surface area contributed by atoms with Crippen LogP contribution in [0.25, 0.3) is 0 Å². The number of phosphoric acid groups is 1. The molecule has 0 aliphatic carbocycles. The van der Waals surface area contributed by atoms with Crippen molar-refractivity contribution in [1.82, 2.24) is 0 Å². The topological polar surface area (TPSA) is 54.0 Å². The van der Waals surface area contributed by atoms with Gasteiger partial charge in [0.2, 0.25) is 0 Å². The summed E-state index contributed by atoms with van der Waals surface area (Å²) in [6, 6.07) is 4.07. The van der Waals surface area contributed by atoms with E-state index in [0.717, 1.165) is 23.1 Å². The van der Waals surface area contributed by atoms with Gasteiger partial charge in [0.1, 0.15) is 5.75 Å². The second kappa shape index (κ2) is 10.4. The summed E-state index contributed by atoms with van der Waals surface area (Å²) in [4.78, 5) is 0. The highest BCUT2D eigenvalue weighted by Crippen LogP contribution is 2.57. The van der Waals surface area contributed by atoms with Crippen molar-refractivity contribution < 1.29 is 22.6 Å². The first-order valence-corrected chi connectivity index (χ1v) is 16.7. The molecule has 0 saturated heterocycles. The fraction of sp³-hybridized carbons (Fsp3) is 0.778. The van der Waals surface area contributed by atoms with E-state index in [4.69, 9.17) is 18.0 Å². The fourth-order valence-electron chi connectivity index (χ4n) is 3.62. The summed E-state index contributed by atoms with van der Waals surface area (Å²) < 4.78 is 38.4. The molecule has 1 aromatic rings. The molecular weight excluding hydrogens is 463 g/mol. The third kappa shape index (κ3) is 9.42. The average Bonchev–Trinajstić information content (AvgIpc) is 2.47. The Hall–Kier alpha value is -0.653. The van der Waals surface area contributed by atoms with Crippen molar-refractivity contribution in [3.8, 4) is 5.75 Å². The summed E-state index contributed by atoms with van der Waals surface area (Å²) in [5.74, 6) is 0.548. The minimum absolute atomic E-state index is 0.159. The van der Waals surface area contributed by atoms with Gasteiger partial charge in [0.05, 0.1) is 11.2 Å². The molecule has 1 aromatic carbocycles. The van der Waals surface area contributed by atoms with Crippen LogP contribution in [-0.2, 0) is 23.5 Å². The molecule has 0 fully saturated rings. The van der Waals surface area contributed by atoms with Crippen LogP contribution >= 0.6 is 7.82 Å². The smallest absolute Gasteiger partial charge is 0.417 e. The number of aryl methyl sites for hydroxylation is 2. The van der Waals surface area contributed by atoms with Crippen molar-refractivity contribution in [2.24, 2.45) is 0 Å². The molecule has 0 unspecified atom stereocenters. The van der Waals surface area contributed by atoms with Crippen molar-refractivity contribution in [3.05, 3.63) is 28.8 Å². The predicted molar refractivity (Wildman–Crippen MR) is 147 cm³/mol. The highest BCUT2D eigenvalue weighted by Gasteiger charge is 2.41. The number of rotatable bonds is 9. The molecule has 0 aromatic heterocycles. The van der Waals surface area contributed by atoms with Gasteiger partial charge >= 0.3 is 7.82 Å². The Balaban J connectivity index is 3.39. The Morgan fingerprint density at radius 3 is 1.71 bits per heavy atom. The van der Waals surface area contributed by atoms with Crippen molar-refractivity contribution >= 4 is 16.1 Å². The minimum atomic E-state index is -3.92. The zero-order chi connectivity index (χ0) is 27.0. The third-order valence-corrected chi connectivity index (χ3v) is 12.6. The van der Waals surface area contributed by atoms with Crippen LogP contribution in [0.15, 0.2) is 12.1 Å². The number of hydrogen-bond donors (Lipinski definition) is 0. The highest BCUT2D eigenvalue weighted by atomic mass is 31.2. The van der Waals surface area contributed by atoms with E-state index in [2.05, 4.69) is 60.7 Å². The van der Waals surface area contributed by atoms with E-state index < -0.39 is 27.3 Å². The van der Waals surface area contributed by atoms with Gasteiger partial charge in [-0.3, -0.25) is 9.05 Å². The summed E-state index contributed by atoms with van der Waals surface area (Å²) in [7, 11) is -5.77. The van der Waals surface area contributed by atoms with Crippen molar-refractivity contribution in [2.75, 3.05) is 6.61 Å². The van der Waals surface area contributed by atoms with E-state index in [9.17, 15) is 4.57 Å². The van der Waals surface area contributed by atoms with Crippen LogP contribution in [0.2, 0.25) is 18.1 Å². The molecule has 0 N–H and O–H groups in total. The van der Waals surface area contributed by atoms with Crippen LogP contribution in [0.3, 0.4) is 0 Å². The van der Waals surface area contributed by atoms with Gasteiger partial charge in [-0.05, 0) is 103 Å². The van der Waals surface area contributed by atoms with E-state index in [1.807, 2.05) is 54.5 Å². The van der Waals surface area contributed by atoms with Gasteiger partial charge in [0.15, 0.2) is 8.32 Å². The van der Waals surface area contributed by atoms with E-state index in [-0.39, 0.29) is 10.5 Å². The van der Waals surface area contributed by atoms with Gasteiger partial charge in [0.25, 0.3) is 0 Å². The van der Waals surface area contributed by atoms with Gasteiger partial charge in [-0.1, -0.05) is 40.7 Å². The monoisotopic (exact) mass is 514 g/mol. The zero-order valence-electron chi connectivity index (χ0n) is 24.6. The normalized spacial score (nSPS) is 14.4. The molecule has 5 nitrogen and oxygen atoms in total. The maximum atomic E-state index is 13.9. The Bertz CT molecular complexity index is 866. The molecule has 0 radical (unpaired) electrons. The van der Waals surface area contributed by atoms with E-state index >= 15 is 0 Å². The Kier molecular flexibility index (Phi) is 9.58. The zero-order valence-corrected chi connectivity index (χ0v) is 26.5. The average molecular weight is 515 g/mol. The number of hydrogen-bond acceptors (Lipinski definition) is 5. The Morgan fingerprint density at radius 1 is 0.824 bits per heavy atom. The molecule has 0 amide bonds. The molecule has 0 aliphatic heterocycles. The lowest BCUT2D eigenvalue weighted by atomic mass is 9.78. The second-order valence-corrected chi connectivity index (χ2v) is 19.9. The van der Waals surface area contributed by atoms with Gasteiger partial charge in [0, 0.05) is 12.2 Å². The molecule has 198 valence electrons. The molecule has 0 spiro atoms. The summed E-state index contributed by atoms with van der Waals surface area (Å²) >= 11 is 0. The summed E-state index contributed by atoms with van der Waals surface area (Å²) in [5.41, 5.74) is 1.45. The van der Waals surface area contributed by atoms with Gasteiger partial charge in [-0.2, -0.15) is 0 Å². The van der Waals surface area contributed by atoms with Crippen LogP contribution in [0.5, 0.6) is 5.75 Å². The van der Waals surface area contributed by atoms with Gasteiger partial charge in [-0.25, -0.2) is 4.57 Å².